The number of esters is 1. The minimum Gasteiger partial charge on any atom is -0.478 e. The summed E-state index contributed by atoms with van der Waals surface area (Å²) in [4.78, 5) is 23.5. The van der Waals surface area contributed by atoms with Gasteiger partial charge in [0.2, 0.25) is 0 Å². The quantitative estimate of drug-likeness (QED) is 0.631. The molecule has 4 aliphatic rings. The topological polar surface area (TPSA) is 63.6 Å². The van der Waals surface area contributed by atoms with E-state index in [-0.39, 0.29) is 17.8 Å². The number of carboxylic acids is 1. The lowest BCUT2D eigenvalue weighted by molar-refractivity contribution is -0.157. The van der Waals surface area contributed by atoms with Gasteiger partial charge < -0.3 is 9.84 Å². The molecule has 0 spiro atoms. The van der Waals surface area contributed by atoms with Gasteiger partial charge in [-0.05, 0) is 36.8 Å². The highest BCUT2D eigenvalue weighted by Crippen LogP contribution is 2.47. The van der Waals surface area contributed by atoms with Gasteiger partial charge in [-0.3, -0.25) is 4.79 Å². The third kappa shape index (κ3) is 1.60. The molecule has 0 aromatic heterocycles. The average molecular weight is 272 g/mol. The highest BCUT2D eigenvalue weighted by molar-refractivity contribution is 5.90. The average Bonchev–Trinajstić information content (AvgIpc) is 3.16. The van der Waals surface area contributed by atoms with E-state index in [9.17, 15) is 9.59 Å². The summed E-state index contributed by atoms with van der Waals surface area (Å²) >= 11 is 0. The van der Waals surface area contributed by atoms with Gasteiger partial charge in [0.15, 0.2) is 5.60 Å². The number of carbonyl (C=O) groups is 2. The van der Waals surface area contributed by atoms with Crippen molar-refractivity contribution in [3.05, 3.63) is 36.0 Å². The van der Waals surface area contributed by atoms with Gasteiger partial charge in [-0.15, -0.1) is 0 Å². The largest absolute Gasteiger partial charge is 0.478 e. The van der Waals surface area contributed by atoms with E-state index < -0.39 is 11.6 Å². The number of hydrogen-bond donors (Lipinski definition) is 1. The molecule has 20 heavy (non-hydrogen) atoms. The molecule has 1 N–H and O–H groups in total. The summed E-state index contributed by atoms with van der Waals surface area (Å²) in [5.74, 6) is -0.408. The third-order valence-electron chi connectivity index (χ3n) is 5.07. The van der Waals surface area contributed by atoms with Crippen LogP contribution in [0.3, 0.4) is 0 Å². The van der Waals surface area contributed by atoms with Gasteiger partial charge in [-0.1, -0.05) is 18.2 Å². The van der Waals surface area contributed by atoms with Gasteiger partial charge in [0.05, 0.1) is 5.92 Å². The van der Waals surface area contributed by atoms with Crippen molar-refractivity contribution in [3.63, 3.8) is 0 Å². The van der Waals surface area contributed by atoms with Crippen molar-refractivity contribution in [2.45, 2.75) is 24.9 Å². The van der Waals surface area contributed by atoms with Crippen molar-refractivity contribution >= 4 is 11.9 Å². The van der Waals surface area contributed by atoms with Gasteiger partial charge in [0.25, 0.3) is 0 Å². The molecule has 5 unspecified atom stereocenters. The Kier molecular flexibility index (Phi) is 2.29. The Morgan fingerprint density at radius 2 is 2.10 bits per heavy atom. The van der Waals surface area contributed by atoms with E-state index in [0.29, 0.717) is 23.8 Å². The van der Waals surface area contributed by atoms with E-state index in [4.69, 9.17) is 9.84 Å². The first kappa shape index (κ1) is 11.9. The molecule has 4 nitrogen and oxygen atoms in total. The minimum absolute atomic E-state index is 0.0471. The summed E-state index contributed by atoms with van der Waals surface area (Å²) in [6, 6.07) is 0. The Morgan fingerprint density at radius 1 is 1.25 bits per heavy atom. The normalized spacial score (nSPS) is 43.1. The molecular formula is C16H16O4. The van der Waals surface area contributed by atoms with Crippen molar-refractivity contribution in [2.75, 3.05) is 0 Å². The zero-order valence-electron chi connectivity index (χ0n) is 11.0. The number of ether oxygens (including phenoxy) is 1. The van der Waals surface area contributed by atoms with Crippen molar-refractivity contribution < 1.29 is 19.4 Å². The van der Waals surface area contributed by atoms with Crippen molar-refractivity contribution in [1.29, 1.82) is 0 Å². The monoisotopic (exact) mass is 272 g/mol. The van der Waals surface area contributed by atoms with E-state index >= 15 is 0 Å². The molecule has 1 fully saturated rings. The lowest BCUT2D eigenvalue weighted by atomic mass is 9.93. The molecule has 0 saturated heterocycles. The molecule has 0 aromatic carbocycles. The van der Waals surface area contributed by atoms with Crippen molar-refractivity contribution in [2.24, 2.45) is 23.7 Å². The maximum absolute atomic E-state index is 12.4. The number of aliphatic carboxylic acids is 1. The summed E-state index contributed by atoms with van der Waals surface area (Å²) in [6.45, 7) is 0. The van der Waals surface area contributed by atoms with E-state index in [2.05, 4.69) is 12.2 Å². The number of allylic oxidation sites excluding steroid dienone is 3. The third-order valence-corrected chi connectivity index (χ3v) is 5.07. The number of carbonyl (C=O) groups excluding carboxylic acids is 1. The predicted octanol–water partition coefficient (Wildman–Crippen LogP) is 2.08. The number of rotatable bonds is 3. The molecule has 4 aliphatic carbocycles. The molecule has 0 aliphatic heterocycles. The Balaban J connectivity index is 1.52. The Morgan fingerprint density at radius 3 is 2.70 bits per heavy atom. The molecule has 104 valence electrons. The number of carboxylic acid groups (broad SMARTS) is 1. The molecule has 1 saturated carbocycles. The zero-order valence-corrected chi connectivity index (χ0v) is 11.0. The summed E-state index contributed by atoms with van der Waals surface area (Å²) in [6.07, 6.45) is 12.1. The van der Waals surface area contributed by atoms with E-state index in [1.807, 2.05) is 12.2 Å². The van der Waals surface area contributed by atoms with Gasteiger partial charge in [-0.25, -0.2) is 4.79 Å². The summed E-state index contributed by atoms with van der Waals surface area (Å²) in [5, 5.41) is 9.13. The van der Waals surface area contributed by atoms with Crippen LogP contribution in [-0.4, -0.2) is 22.6 Å². The van der Waals surface area contributed by atoms with Crippen LogP contribution in [0.1, 0.15) is 19.3 Å². The van der Waals surface area contributed by atoms with Crippen LogP contribution in [0.5, 0.6) is 0 Å². The van der Waals surface area contributed by atoms with E-state index in [1.54, 1.807) is 6.08 Å². The van der Waals surface area contributed by atoms with Crippen LogP contribution in [0.4, 0.5) is 0 Å². The molecule has 4 heteroatoms. The Hall–Kier alpha value is -1.84. The van der Waals surface area contributed by atoms with Gasteiger partial charge in [0.1, 0.15) is 0 Å². The molecular weight excluding hydrogens is 256 g/mol. The Labute approximate surface area is 116 Å². The fourth-order valence-corrected chi connectivity index (χ4v) is 4.09. The molecule has 5 atom stereocenters. The van der Waals surface area contributed by atoms with Crippen LogP contribution in [0.25, 0.3) is 0 Å². The zero-order chi connectivity index (χ0) is 13.9. The van der Waals surface area contributed by atoms with Gasteiger partial charge >= 0.3 is 11.9 Å². The van der Waals surface area contributed by atoms with Crippen LogP contribution < -0.4 is 0 Å². The van der Waals surface area contributed by atoms with E-state index in [0.717, 1.165) is 12.8 Å². The van der Waals surface area contributed by atoms with Crippen LogP contribution in [0.15, 0.2) is 36.0 Å². The predicted molar refractivity (Wildman–Crippen MR) is 70.6 cm³/mol. The fraction of sp³-hybridized carbons (Fsp3) is 0.500. The first-order valence-electron chi connectivity index (χ1n) is 7.13. The van der Waals surface area contributed by atoms with Crippen LogP contribution in [0.2, 0.25) is 0 Å². The molecule has 0 radical (unpaired) electrons. The van der Waals surface area contributed by atoms with Crippen LogP contribution >= 0.6 is 0 Å². The van der Waals surface area contributed by atoms with Gasteiger partial charge in [-0.2, -0.15) is 0 Å². The molecule has 0 heterocycles. The lowest BCUT2D eigenvalue weighted by Crippen LogP contribution is -2.32. The van der Waals surface area contributed by atoms with Crippen molar-refractivity contribution in [3.8, 4) is 0 Å². The van der Waals surface area contributed by atoms with Crippen molar-refractivity contribution in [1.82, 2.24) is 0 Å². The maximum atomic E-state index is 12.4. The highest BCUT2D eigenvalue weighted by atomic mass is 16.6. The van der Waals surface area contributed by atoms with Crippen LogP contribution in [-0.2, 0) is 14.3 Å². The second-order valence-electron chi connectivity index (χ2n) is 6.34. The van der Waals surface area contributed by atoms with E-state index in [1.165, 1.54) is 0 Å². The first-order valence-corrected chi connectivity index (χ1v) is 7.13. The number of hydrogen-bond acceptors (Lipinski definition) is 3. The number of fused-ring (bicyclic) bond motifs is 4. The van der Waals surface area contributed by atoms with Gasteiger partial charge in [0, 0.05) is 17.9 Å². The Bertz CT molecular complexity index is 585. The summed E-state index contributed by atoms with van der Waals surface area (Å²) in [5.41, 5.74) is -0.450. The standard InChI is InChI=1S/C16H16O4/c17-14(18)13-8-16(4-3-11(13)7-16)20-15(19)12-6-9-1-2-10(12)5-9/h1-4,8-12H,5-7H2,(H,17,18). The smallest absolute Gasteiger partial charge is 0.332 e. The lowest BCUT2D eigenvalue weighted by Gasteiger charge is -2.26. The molecule has 0 amide bonds. The first-order chi connectivity index (χ1) is 9.56. The summed E-state index contributed by atoms with van der Waals surface area (Å²) in [7, 11) is 0. The summed E-state index contributed by atoms with van der Waals surface area (Å²) < 4.78 is 5.71. The SMILES string of the molecule is O=C(O)C1=CC2(OC(=O)C3CC4C=CC3C4)C=CC1C2. The highest BCUT2D eigenvalue weighted by Gasteiger charge is 2.48. The second-order valence-corrected chi connectivity index (χ2v) is 6.34. The molecule has 4 rings (SSSR count). The molecule has 0 aromatic rings. The fourth-order valence-electron chi connectivity index (χ4n) is 4.09. The second kappa shape index (κ2) is 3.84. The molecule has 4 bridgehead atoms. The minimum atomic E-state index is -0.917. The van der Waals surface area contributed by atoms with Crippen LogP contribution in [0, 0.1) is 23.7 Å². The maximum Gasteiger partial charge on any atom is 0.332 e.